The van der Waals surface area contributed by atoms with Gasteiger partial charge in [-0.1, -0.05) is 72.8 Å². The summed E-state index contributed by atoms with van der Waals surface area (Å²) in [6.45, 7) is 3.79. The molecule has 1 atom stereocenters. The molecule has 0 aliphatic carbocycles. The summed E-state index contributed by atoms with van der Waals surface area (Å²) in [5.41, 5.74) is 2.94. The summed E-state index contributed by atoms with van der Waals surface area (Å²) < 4.78 is 0. The summed E-state index contributed by atoms with van der Waals surface area (Å²) in [7, 11) is 0. The highest BCUT2D eigenvalue weighted by Gasteiger charge is 2.15. The van der Waals surface area contributed by atoms with E-state index in [1.807, 2.05) is 68.4 Å². The van der Waals surface area contributed by atoms with Gasteiger partial charge in [-0.25, -0.2) is 4.98 Å². The number of hydrogen-bond acceptors (Lipinski definition) is 3. The van der Waals surface area contributed by atoms with Gasteiger partial charge in [-0.15, -0.1) is 0 Å². The van der Waals surface area contributed by atoms with Crippen molar-refractivity contribution in [3.05, 3.63) is 100.0 Å². The molecule has 4 rings (SSSR count). The van der Waals surface area contributed by atoms with Gasteiger partial charge in [-0.05, 0) is 36.6 Å². The van der Waals surface area contributed by atoms with E-state index < -0.39 is 0 Å². The average molecular weight is 412 g/mol. The van der Waals surface area contributed by atoms with Gasteiger partial charge in [0, 0.05) is 23.2 Å². The van der Waals surface area contributed by atoms with E-state index in [1.165, 1.54) is 0 Å². The number of hydrogen-bond donors (Lipinski definition) is 2. The Morgan fingerprint density at radius 2 is 1.71 bits per heavy atom. The van der Waals surface area contributed by atoms with Gasteiger partial charge < -0.3 is 10.3 Å². The summed E-state index contributed by atoms with van der Waals surface area (Å²) in [5, 5.41) is 5.34. The van der Waals surface area contributed by atoms with E-state index in [-0.39, 0.29) is 23.9 Å². The van der Waals surface area contributed by atoms with Gasteiger partial charge in [-0.3, -0.25) is 9.59 Å². The first-order valence-electron chi connectivity index (χ1n) is 10.4. The van der Waals surface area contributed by atoms with E-state index in [4.69, 9.17) is 0 Å². The predicted octanol–water partition coefficient (Wildman–Crippen LogP) is 4.71. The molecule has 0 saturated carbocycles. The molecular formula is C26H25N3O2. The third-order valence-electron chi connectivity index (χ3n) is 5.54. The van der Waals surface area contributed by atoms with E-state index in [0.29, 0.717) is 23.5 Å². The van der Waals surface area contributed by atoms with Crippen LogP contribution in [-0.4, -0.2) is 15.9 Å². The van der Waals surface area contributed by atoms with Crippen LogP contribution in [0.25, 0.3) is 22.2 Å². The number of benzene rings is 3. The standard InChI is InChI=1S/C26H25N3O2/c1-17(21-14-8-12-19-9-6-7-13-23(19)21)27-24(30)16-15-22-18(2)28-25(29-26(22)31)20-10-4-3-5-11-20/h3-14,17H,15-16H2,1-2H3,(H,27,30)(H,28,29,31)/t17-/m1/s1. The summed E-state index contributed by atoms with van der Waals surface area (Å²) >= 11 is 0. The van der Waals surface area contributed by atoms with E-state index in [0.717, 1.165) is 21.9 Å². The van der Waals surface area contributed by atoms with Gasteiger partial charge in [-0.2, -0.15) is 0 Å². The maximum Gasteiger partial charge on any atom is 0.254 e. The molecule has 1 amide bonds. The number of H-pyrrole nitrogens is 1. The molecule has 2 N–H and O–H groups in total. The molecule has 1 heterocycles. The van der Waals surface area contributed by atoms with E-state index >= 15 is 0 Å². The van der Waals surface area contributed by atoms with Gasteiger partial charge in [0.1, 0.15) is 5.82 Å². The quantitative estimate of drug-likeness (QED) is 0.483. The summed E-state index contributed by atoms with van der Waals surface area (Å²) in [5.74, 6) is 0.451. The number of aromatic amines is 1. The number of carbonyl (C=O) groups is 1. The second kappa shape index (κ2) is 8.96. The topological polar surface area (TPSA) is 74.8 Å². The maximum atomic E-state index is 12.6. The third kappa shape index (κ3) is 4.56. The summed E-state index contributed by atoms with van der Waals surface area (Å²) in [4.78, 5) is 32.6. The first-order chi connectivity index (χ1) is 15.0. The number of carbonyl (C=O) groups excluding carboxylic acids is 1. The zero-order chi connectivity index (χ0) is 21.8. The Morgan fingerprint density at radius 1 is 1.00 bits per heavy atom. The lowest BCUT2D eigenvalue weighted by Crippen LogP contribution is -2.28. The number of nitrogens with one attached hydrogen (secondary N) is 2. The summed E-state index contributed by atoms with van der Waals surface area (Å²) in [6, 6.07) is 23.6. The zero-order valence-electron chi connectivity index (χ0n) is 17.7. The molecule has 1 aromatic heterocycles. The van der Waals surface area contributed by atoms with Crippen molar-refractivity contribution in [2.75, 3.05) is 0 Å². The molecule has 31 heavy (non-hydrogen) atoms. The zero-order valence-corrected chi connectivity index (χ0v) is 17.7. The third-order valence-corrected chi connectivity index (χ3v) is 5.54. The molecule has 3 aromatic carbocycles. The van der Waals surface area contributed by atoms with Gasteiger partial charge in [0.05, 0.1) is 6.04 Å². The van der Waals surface area contributed by atoms with E-state index in [2.05, 4.69) is 33.5 Å². The molecule has 0 bridgehead atoms. The molecule has 5 nitrogen and oxygen atoms in total. The van der Waals surface area contributed by atoms with Crippen molar-refractivity contribution in [3.63, 3.8) is 0 Å². The SMILES string of the molecule is Cc1nc(-c2ccccc2)[nH]c(=O)c1CCC(=O)N[C@H](C)c1cccc2ccccc12. The van der Waals surface area contributed by atoms with Crippen molar-refractivity contribution < 1.29 is 4.79 Å². The van der Waals surface area contributed by atoms with Crippen molar-refractivity contribution in [2.45, 2.75) is 32.7 Å². The van der Waals surface area contributed by atoms with Crippen molar-refractivity contribution in [2.24, 2.45) is 0 Å². The molecule has 0 saturated heterocycles. The Hall–Kier alpha value is -3.73. The van der Waals surface area contributed by atoms with Gasteiger partial charge in [0.15, 0.2) is 0 Å². The lowest BCUT2D eigenvalue weighted by Gasteiger charge is -2.17. The summed E-state index contributed by atoms with van der Waals surface area (Å²) in [6.07, 6.45) is 0.572. The second-order valence-corrected chi connectivity index (χ2v) is 7.70. The van der Waals surface area contributed by atoms with Crippen LogP contribution in [-0.2, 0) is 11.2 Å². The highest BCUT2D eigenvalue weighted by Crippen LogP contribution is 2.24. The Labute approximate surface area is 181 Å². The molecule has 0 spiro atoms. The Morgan fingerprint density at radius 3 is 2.48 bits per heavy atom. The second-order valence-electron chi connectivity index (χ2n) is 7.70. The molecule has 0 aliphatic heterocycles. The molecule has 0 aliphatic rings. The minimum absolute atomic E-state index is 0.0913. The molecule has 4 aromatic rings. The number of rotatable bonds is 6. The van der Waals surface area contributed by atoms with Gasteiger partial charge >= 0.3 is 0 Å². The fourth-order valence-electron chi connectivity index (χ4n) is 3.90. The van der Waals surface area contributed by atoms with Gasteiger partial charge in [0.25, 0.3) is 5.56 Å². The van der Waals surface area contributed by atoms with Crippen LogP contribution in [0.15, 0.2) is 77.6 Å². The molecule has 156 valence electrons. The van der Waals surface area contributed by atoms with Crippen LogP contribution in [0.1, 0.15) is 36.2 Å². The Bertz CT molecular complexity index is 1270. The molecule has 0 unspecified atom stereocenters. The highest BCUT2D eigenvalue weighted by molar-refractivity contribution is 5.87. The lowest BCUT2D eigenvalue weighted by atomic mass is 9.99. The minimum Gasteiger partial charge on any atom is -0.350 e. The number of nitrogens with zero attached hydrogens (tertiary/aromatic N) is 1. The number of fused-ring (bicyclic) bond motifs is 1. The normalized spacial score (nSPS) is 11.9. The molecule has 0 radical (unpaired) electrons. The van der Waals surface area contributed by atoms with Crippen LogP contribution in [0.3, 0.4) is 0 Å². The smallest absolute Gasteiger partial charge is 0.254 e. The Balaban J connectivity index is 1.44. The first-order valence-corrected chi connectivity index (χ1v) is 10.4. The Kier molecular flexibility index (Phi) is 5.94. The minimum atomic E-state index is -0.193. The van der Waals surface area contributed by atoms with E-state index in [1.54, 1.807) is 0 Å². The van der Waals surface area contributed by atoms with E-state index in [9.17, 15) is 9.59 Å². The van der Waals surface area contributed by atoms with Crippen molar-refractivity contribution in [3.8, 4) is 11.4 Å². The van der Waals surface area contributed by atoms with Gasteiger partial charge in [0.2, 0.25) is 5.91 Å². The van der Waals surface area contributed by atoms with Crippen LogP contribution in [0.4, 0.5) is 0 Å². The van der Waals surface area contributed by atoms with Crippen molar-refractivity contribution in [1.29, 1.82) is 0 Å². The fourth-order valence-corrected chi connectivity index (χ4v) is 3.90. The predicted molar refractivity (Wildman–Crippen MR) is 124 cm³/mol. The fraction of sp³-hybridized carbons (Fsp3) is 0.192. The lowest BCUT2D eigenvalue weighted by molar-refractivity contribution is -0.121. The van der Waals surface area contributed by atoms with Crippen LogP contribution < -0.4 is 10.9 Å². The first kappa shape index (κ1) is 20.5. The van der Waals surface area contributed by atoms with Crippen LogP contribution in [0, 0.1) is 6.92 Å². The van der Waals surface area contributed by atoms with Crippen LogP contribution >= 0.6 is 0 Å². The van der Waals surface area contributed by atoms with Crippen LogP contribution in [0.2, 0.25) is 0 Å². The van der Waals surface area contributed by atoms with Crippen molar-refractivity contribution in [1.82, 2.24) is 15.3 Å². The number of amides is 1. The largest absolute Gasteiger partial charge is 0.350 e. The maximum absolute atomic E-state index is 12.6. The van der Waals surface area contributed by atoms with Crippen LogP contribution in [0.5, 0.6) is 0 Å². The number of aromatic nitrogens is 2. The van der Waals surface area contributed by atoms with Crippen molar-refractivity contribution >= 4 is 16.7 Å². The average Bonchev–Trinajstić information content (AvgIpc) is 2.78. The monoisotopic (exact) mass is 411 g/mol. The highest BCUT2D eigenvalue weighted by atomic mass is 16.1. The molecular weight excluding hydrogens is 386 g/mol. The molecule has 5 heteroatoms. The molecule has 0 fully saturated rings. The number of aryl methyl sites for hydroxylation is 1.